The third-order valence-electron chi connectivity index (χ3n) is 2.19. The first-order valence-electron chi connectivity index (χ1n) is 4.54. The van der Waals surface area contributed by atoms with E-state index in [2.05, 4.69) is 0 Å². The Balaban J connectivity index is 2.63. The molecule has 74 valence electrons. The fourth-order valence-corrected chi connectivity index (χ4v) is 2.44. The summed E-state index contributed by atoms with van der Waals surface area (Å²) in [7, 11) is 0. The van der Waals surface area contributed by atoms with Crippen molar-refractivity contribution in [2.45, 2.75) is 19.9 Å². The molecular formula is C10H11NO2S. The van der Waals surface area contributed by atoms with Gasteiger partial charge in [-0.2, -0.15) is 0 Å². The molecule has 0 aliphatic heterocycles. The van der Waals surface area contributed by atoms with Gasteiger partial charge in [-0.1, -0.05) is 6.92 Å². The second-order valence-electron chi connectivity index (χ2n) is 3.16. The molecule has 2 aromatic rings. The van der Waals surface area contributed by atoms with E-state index in [9.17, 15) is 4.79 Å². The molecular weight excluding hydrogens is 198 g/mol. The Morgan fingerprint density at radius 3 is 3.07 bits per heavy atom. The molecule has 2 aromatic heterocycles. The van der Waals surface area contributed by atoms with Crippen molar-refractivity contribution < 1.29 is 9.90 Å². The maximum atomic E-state index is 10.9. The Morgan fingerprint density at radius 1 is 1.64 bits per heavy atom. The lowest BCUT2D eigenvalue weighted by atomic mass is 10.4. The van der Waals surface area contributed by atoms with Crippen LogP contribution in [0.2, 0.25) is 0 Å². The van der Waals surface area contributed by atoms with Gasteiger partial charge in [0, 0.05) is 6.54 Å². The van der Waals surface area contributed by atoms with Crippen LogP contribution < -0.4 is 0 Å². The van der Waals surface area contributed by atoms with Crippen LogP contribution in [0.4, 0.5) is 0 Å². The lowest BCUT2D eigenvalue weighted by Crippen LogP contribution is -2.07. The molecule has 2 rings (SSSR count). The number of hydrogen-bond acceptors (Lipinski definition) is 2. The lowest BCUT2D eigenvalue weighted by Gasteiger charge is -2.04. The van der Waals surface area contributed by atoms with E-state index in [4.69, 9.17) is 5.11 Å². The first-order chi connectivity index (χ1) is 6.74. The van der Waals surface area contributed by atoms with Crippen molar-refractivity contribution >= 4 is 27.5 Å². The quantitative estimate of drug-likeness (QED) is 0.844. The third-order valence-corrected chi connectivity index (χ3v) is 3.04. The van der Waals surface area contributed by atoms with Gasteiger partial charge >= 0.3 is 5.97 Å². The summed E-state index contributed by atoms with van der Waals surface area (Å²) in [5.41, 5.74) is 1.43. The predicted octanol–water partition coefficient (Wildman–Crippen LogP) is 2.81. The second kappa shape index (κ2) is 3.46. The van der Waals surface area contributed by atoms with Gasteiger partial charge in [-0.15, -0.1) is 11.3 Å². The van der Waals surface area contributed by atoms with E-state index in [1.165, 1.54) is 0 Å². The van der Waals surface area contributed by atoms with Gasteiger partial charge in [0.2, 0.25) is 0 Å². The number of carbonyl (C=O) groups is 1. The van der Waals surface area contributed by atoms with Gasteiger partial charge in [-0.3, -0.25) is 0 Å². The number of aromatic nitrogens is 1. The smallest absolute Gasteiger partial charge is 0.352 e. The zero-order valence-corrected chi connectivity index (χ0v) is 8.67. The van der Waals surface area contributed by atoms with Crippen molar-refractivity contribution in [3.63, 3.8) is 0 Å². The van der Waals surface area contributed by atoms with Crippen LogP contribution in [0.5, 0.6) is 0 Å². The van der Waals surface area contributed by atoms with Gasteiger partial charge < -0.3 is 9.67 Å². The standard InChI is InChI=1S/C10H11NO2S/c1-2-4-11-7-3-5-14-9(7)6-8(11)10(12)13/h3,5-6H,2,4H2,1H3,(H,12,13). The maximum Gasteiger partial charge on any atom is 0.352 e. The highest BCUT2D eigenvalue weighted by Crippen LogP contribution is 2.25. The molecule has 0 saturated heterocycles. The van der Waals surface area contributed by atoms with Crippen LogP contribution in [-0.4, -0.2) is 15.6 Å². The molecule has 2 heterocycles. The average molecular weight is 209 g/mol. The third kappa shape index (κ3) is 1.32. The van der Waals surface area contributed by atoms with Crippen molar-refractivity contribution in [2.75, 3.05) is 0 Å². The van der Waals surface area contributed by atoms with Crippen LogP contribution in [0, 0.1) is 0 Å². The number of aromatic carboxylic acids is 1. The number of aryl methyl sites for hydroxylation is 1. The van der Waals surface area contributed by atoms with E-state index in [0.717, 1.165) is 23.2 Å². The molecule has 1 N–H and O–H groups in total. The first kappa shape index (κ1) is 9.27. The van der Waals surface area contributed by atoms with Gasteiger partial charge in [0.25, 0.3) is 0 Å². The van der Waals surface area contributed by atoms with E-state index >= 15 is 0 Å². The topological polar surface area (TPSA) is 42.2 Å². The van der Waals surface area contributed by atoms with Gasteiger partial charge in [0.15, 0.2) is 0 Å². The van der Waals surface area contributed by atoms with Gasteiger partial charge in [0.1, 0.15) is 5.69 Å². The summed E-state index contributed by atoms with van der Waals surface area (Å²) in [4.78, 5) is 10.9. The van der Waals surface area contributed by atoms with Gasteiger partial charge in [-0.25, -0.2) is 4.79 Å². The molecule has 0 aliphatic carbocycles. The molecule has 3 nitrogen and oxygen atoms in total. The molecule has 4 heteroatoms. The van der Waals surface area contributed by atoms with Crippen LogP contribution in [0.15, 0.2) is 17.5 Å². The molecule has 14 heavy (non-hydrogen) atoms. The Kier molecular flexibility index (Phi) is 2.29. The van der Waals surface area contributed by atoms with Crippen LogP contribution in [0.25, 0.3) is 10.2 Å². The van der Waals surface area contributed by atoms with Crippen molar-refractivity contribution in [1.82, 2.24) is 4.57 Å². The molecule has 0 spiro atoms. The predicted molar refractivity (Wildman–Crippen MR) is 57.1 cm³/mol. The van der Waals surface area contributed by atoms with E-state index in [1.54, 1.807) is 17.4 Å². The summed E-state index contributed by atoms with van der Waals surface area (Å²) < 4.78 is 2.92. The van der Waals surface area contributed by atoms with Gasteiger partial charge in [-0.05, 0) is 23.9 Å². The number of thiophene rings is 1. The van der Waals surface area contributed by atoms with E-state index < -0.39 is 5.97 Å². The zero-order chi connectivity index (χ0) is 10.1. The van der Waals surface area contributed by atoms with Crippen LogP contribution >= 0.6 is 11.3 Å². The molecule has 0 unspecified atom stereocenters. The summed E-state index contributed by atoms with van der Waals surface area (Å²) in [6.45, 7) is 2.81. The van der Waals surface area contributed by atoms with Crippen LogP contribution in [-0.2, 0) is 6.54 Å². The fourth-order valence-electron chi connectivity index (χ4n) is 1.62. The fraction of sp³-hybridized carbons (Fsp3) is 0.300. The van der Waals surface area contributed by atoms with E-state index in [-0.39, 0.29) is 0 Å². The molecule has 0 fully saturated rings. The Bertz CT molecular complexity index is 469. The van der Waals surface area contributed by atoms with E-state index in [1.807, 2.05) is 22.9 Å². The molecule has 0 radical (unpaired) electrons. The highest BCUT2D eigenvalue weighted by Gasteiger charge is 2.14. The maximum absolute atomic E-state index is 10.9. The SMILES string of the molecule is CCCn1c(C(=O)O)cc2sccc21. The number of carboxylic acid groups (broad SMARTS) is 1. The van der Waals surface area contributed by atoms with Crippen LogP contribution in [0.3, 0.4) is 0 Å². The first-order valence-corrected chi connectivity index (χ1v) is 5.42. The highest BCUT2D eigenvalue weighted by atomic mass is 32.1. The minimum atomic E-state index is -0.846. The van der Waals surface area contributed by atoms with E-state index in [0.29, 0.717) is 5.69 Å². The summed E-state index contributed by atoms with van der Waals surface area (Å²) in [6, 6.07) is 3.72. The monoisotopic (exact) mass is 209 g/mol. The lowest BCUT2D eigenvalue weighted by molar-refractivity contribution is 0.0685. The van der Waals surface area contributed by atoms with Crippen molar-refractivity contribution in [3.05, 3.63) is 23.2 Å². The Morgan fingerprint density at radius 2 is 2.43 bits per heavy atom. The minimum absolute atomic E-state index is 0.397. The Hall–Kier alpha value is -1.29. The highest BCUT2D eigenvalue weighted by molar-refractivity contribution is 7.17. The normalized spacial score (nSPS) is 10.9. The summed E-state index contributed by atoms with van der Waals surface area (Å²) in [6.07, 6.45) is 0.944. The largest absolute Gasteiger partial charge is 0.477 e. The zero-order valence-electron chi connectivity index (χ0n) is 7.86. The molecule has 0 bridgehead atoms. The molecule has 0 aromatic carbocycles. The Labute approximate surface area is 85.6 Å². The number of carboxylic acids is 1. The minimum Gasteiger partial charge on any atom is -0.477 e. The summed E-state index contributed by atoms with van der Waals surface area (Å²) in [5.74, 6) is -0.846. The molecule has 0 saturated carbocycles. The second-order valence-corrected chi connectivity index (χ2v) is 4.10. The number of rotatable bonds is 3. The summed E-state index contributed by atoms with van der Waals surface area (Å²) in [5, 5.41) is 11.0. The molecule has 0 atom stereocenters. The number of nitrogens with zero attached hydrogens (tertiary/aromatic N) is 1. The number of fused-ring (bicyclic) bond motifs is 1. The van der Waals surface area contributed by atoms with Crippen molar-refractivity contribution in [1.29, 1.82) is 0 Å². The summed E-state index contributed by atoms with van der Waals surface area (Å²) >= 11 is 1.58. The molecule has 0 amide bonds. The van der Waals surface area contributed by atoms with Crippen LogP contribution in [0.1, 0.15) is 23.8 Å². The van der Waals surface area contributed by atoms with Crippen molar-refractivity contribution in [2.24, 2.45) is 0 Å². The number of hydrogen-bond donors (Lipinski definition) is 1. The molecule has 0 aliphatic rings. The van der Waals surface area contributed by atoms with Gasteiger partial charge in [0.05, 0.1) is 10.2 Å². The van der Waals surface area contributed by atoms with Crippen molar-refractivity contribution in [3.8, 4) is 0 Å². The average Bonchev–Trinajstić information content (AvgIpc) is 2.67.